The van der Waals surface area contributed by atoms with Crippen molar-refractivity contribution in [2.24, 2.45) is 5.84 Å². The Balaban J connectivity index is 2.57. The molecular weight excluding hydrogens is 262 g/mol. The molecule has 0 aliphatic rings. The van der Waals surface area contributed by atoms with E-state index in [2.05, 4.69) is 31.2 Å². The van der Waals surface area contributed by atoms with Crippen LogP contribution in [0.25, 0.3) is 0 Å². The molecule has 0 saturated carbocycles. The highest BCUT2D eigenvalue weighted by Gasteiger charge is 2.22. The summed E-state index contributed by atoms with van der Waals surface area (Å²) in [5.41, 5.74) is 4.53. The van der Waals surface area contributed by atoms with Crippen molar-refractivity contribution in [3.05, 3.63) is 41.7 Å². The van der Waals surface area contributed by atoms with E-state index in [0.29, 0.717) is 5.82 Å². The largest absolute Gasteiger partial charge is 0.329 e. The third-order valence-corrected chi connectivity index (χ3v) is 3.39. The summed E-state index contributed by atoms with van der Waals surface area (Å²) in [6.45, 7) is 8.23. The Morgan fingerprint density at radius 2 is 1.71 bits per heavy atom. The average Bonchev–Trinajstić information content (AvgIpc) is 2.46. The summed E-state index contributed by atoms with van der Waals surface area (Å²) in [4.78, 5) is 11.3. The van der Waals surface area contributed by atoms with Gasteiger partial charge in [0.1, 0.15) is 17.5 Å². The van der Waals surface area contributed by atoms with E-state index < -0.39 is 0 Å². The van der Waals surface area contributed by atoms with Crippen LogP contribution in [0.4, 0.5) is 17.3 Å². The zero-order valence-electron chi connectivity index (χ0n) is 13.3. The van der Waals surface area contributed by atoms with Gasteiger partial charge >= 0.3 is 0 Å². The van der Waals surface area contributed by atoms with E-state index in [0.717, 1.165) is 22.9 Å². The highest BCUT2D eigenvalue weighted by molar-refractivity contribution is 5.66. The zero-order chi connectivity index (χ0) is 15.6. The van der Waals surface area contributed by atoms with E-state index in [1.807, 2.05) is 49.2 Å². The molecular formula is C16H23N5. The molecule has 0 fully saturated rings. The van der Waals surface area contributed by atoms with Crippen molar-refractivity contribution in [3.63, 3.8) is 0 Å². The van der Waals surface area contributed by atoms with Crippen molar-refractivity contribution in [1.29, 1.82) is 0 Å². The number of nitrogens with two attached hydrogens (primary N) is 1. The molecule has 5 nitrogen and oxygen atoms in total. The van der Waals surface area contributed by atoms with Crippen LogP contribution in [-0.4, -0.2) is 17.0 Å². The quantitative estimate of drug-likeness (QED) is 0.670. The molecule has 0 bridgehead atoms. The minimum atomic E-state index is -0.147. The van der Waals surface area contributed by atoms with E-state index in [1.165, 1.54) is 0 Å². The van der Waals surface area contributed by atoms with E-state index >= 15 is 0 Å². The Hall–Kier alpha value is -2.14. The maximum absolute atomic E-state index is 5.61. The minimum absolute atomic E-state index is 0.147. The second-order valence-corrected chi connectivity index (χ2v) is 6.13. The smallest absolute Gasteiger partial charge is 0.148 e. The van der Waals surface area contributed by atoms with Crippen LogP contribution < -0.4 is 16.2 Å². The number of anilines is 3. The highest BCUT2D eigenvalue weighted by atomic mass is 15.3. The van der Waals surface area contributed by atoms with Gasteiger partial charge in [-0.25, -0.2) is 15.8 Å². The molecule has 0 aliphatic heterocycles. The van der Waals surface area contributed by atoms with Gasteiger partial charge in [-0.3, -0.25) is 0 Å². The molecule has 0 aliphatic carbocycles. The molecule has 2 rings (SSSR count). The molecule has 0 unspecified atom stereocenters. The molecule has 0 atom stereocenters. The van der Waals surface area contributed by atoms with Gasteiger partial charge in [-0.1, -0.05) is 39.0 Å². The van der Waals surface area contributed by atoms with Crippen molar-refractivity contribution in [2.75, 3.05) is 17.4 Å². The lowest BCUT2D eigenvalue weighted by Crippen LogP contribution is -2.23. The molecule has 21 heavy (non-hydrogen) atoms. The molecule has 112 valence electrons. The molecule has 0 saturated heterocycles. The van der Waals surface area contributed by atoms with E-state index in [9.17, 15) is 0 Å². The molecule has 2 aromatic rings. The number of hydrogen-bond donors (Lipinski definition) is 2. The molecule has 1 aromatic heterocycles. The van der Waals surface area contributed by atoms with Crippen LogP contribution in [0.5, 0.6) is 0 Å². The first-order valence-electron chi connectivity index (χ1n) is 6.99. The van der Waals surface area contributed by atoms with E-state index in [1.54, 1.807) is 0 Å². The zero-order valence-corrected chi connectivity index (χ0v) is 13.3. The van der Waals surface area contributed by atoms with Gasteiger partial charge in [0, 0.05) is 23.7 Å². The van der Waals surface area contributed by atoms with Gasteiger partial charge in [-0.2, -0.15) is 0 Å². The lowest BCUT2D eigenvalue weighted by atomic mass is 9.95. The predicted molar refractivity (Wildman–Crippen MR) is 87.8 cm³/mol. The number of aromatic nitrogens is 2. The molecule has 0 amide bonds. The first kappa shape index (κ1) is 15.3. The van der Waals surface area contributed by atoms with Crippen LogP contribution in [0, 0.1) is 6.92 Å². The highest BCUT2D eigenvalue weighted by Crippen LogP contribution is 2.30. The fraction of sp³-hybridized carbons (Fsp3) is 0.375. The van der Waals surface area contributed by atoms with Crippen molar-refractivity contribution in [2.45, 2.75) is 33.1 Å². The Morgan fingerprint density at radius 3 is 2.24 bits per heavy atom. The van der Waals surface area contributed by atoms with Crippen LogP contribution in [0.15, 0.2) is 30.3 Å². The standard InChI is InChI=1S/C16H23N5/c1-11-13(20-17)18-15(16(2,3)4)19-14(11)21(5)12-9-7-6-8-10-12/h6-10H,17H2,1-5H3,(H,18,19,20). The summed E-state index contributed by atoms with van der Waals surface area (Å²) in [7, 11) is 2.00. The van der Waals surface area contributed by atoms with Crippen molar-refractivity contribution in [3.8, 4) is 0 Å². The molecule has 0 radical (unpaired) electrons. The Morgan fingerprint density at radius 1 is 1.10 bits per heavy atom. The van der Waals surface area contributed by atoms with Crippen LogP contribution >= 0.6 is 0 Å². The van der Waals surface area contributed by atoms with Gasteiger partial charge in [0.25, 0.3) is 0 Å². The van der Waals surface area contributed by atoms with E-state index in [-0.39, 0.29) is 5.41 Å². The topological polar surface area (TPSA) is 67.1 Å². The van der Waals surface area contributed by atoms with E-state index in [4.69, 9.17) is 10.8 Å². The molecule has 0 spiro atoms. The maximum atomic E-state index is 5.61. The van der Waals surface area contributed by atoms with Crippen LogP contribution in [0.3, 0.4) is 0 Å². The second kappa shape index (κ2) is 5.69. The van der Waals surface area contributed by atoms with Gasteiger partial charge < -0.3 is 10.3 Å². The Bertz CT molecular complexity index is 617. The summed E-state index contributed by atoms with van der Waals surface area (Å²) in [5.74, 6) is 7.89. The van der Waals surface area contributed by atoms with Crippen LogP contribution in [0.1, 0.15) is 32.2 Å². The number of nitrogen functional groups attached to an aromatic ring is 1. The molecule has 1 aromatic carbocycles. The lowest BCUT2D eigenvalue weighted by molar-refractivity contribution is 0.545. The number of rotatable bonds is 3. The van der Waals surface area contributed by atoms with Gasteiger partial charge in [0.05, 0.1) is 0 Å². The van der Waals surface area contributed by atoms with Gasteiger partial charge in [-0.15, -0.1) is 0 Å². The number of nitrogens with one attached hydrogen (secondary N) is 1. The number of nitrogens with zero attached hydrogens (tertiary/aromatic N) is 3. The van der Waals surface area contributed by atoms with Crippen LogP contribution in [0.2, 0.25) is 0 Å². The second-order valence-electron chi connectivity index (χ2n) is 6.13. The van der Waals surface area contributed by atoms with Gasteiger partial charge in [-0.05, 0) is 19.1 Å². The summed E-state index contributed by atoms with van der Waals surface area (Å²) < 4.78 is 0. The predicted octanol–water partition coefficient (Wildman–Crippen LogP) is 3.14. The third-order valence-electron chi connectivity index (χ3n) is 3.39. The third kappa shape index (κ3) is 3.13. The summed E-state index contributed by atoms with van der Waals surface area (Å²) >= 11 is 0. The van der Waals surface area contributed by atoms with Crippen LogP contribution in [-0.2, 0) is 5.41 Å². The van der Waals surface area contributed by atoms with Gasteiger partial charge in [0.2, 0.25) is 0 Å². The molecule has 5 heteroatoms. The van der Waals surface area contributed by atoms with Gasteiger partial charge in [0.15, 0.2) is 0 Å². The fourth-order valence-electron chi connectivity index (χ4n) is 2.08. The number of hydrazine groups is 1. The Kier molecular flexibility index (Phi) is 4.14. The molecule has 1 heterocycles. The SMILES string of the molecule is Cc1c(NN)nc(C(C)(C)C)nc1N(C)c1ccccc1. The number of para-hydroxylation sites is 1. The number of benzene rings is 1. The maximum Gasteiger partial charge on any atom is 0.148 e. The monoisotopic (exact) mass is 285 g/mol. The normalized spacial score (nSPS) is 11.3. The van der Waals surface area contributed by atoms with Crippen molar-refractivity contribution >= 4 is 17.3 Å². The summed E-state index contributed by atoms with van der Waals surface area (Å²) in [6.07, 6.45) is 0. The summed E-state index contributed by atoms with van der Waals surface area (Å²) in [6, 6.07) is 10.1. The average molecular weight is 285 g/mol. The van der Waals surface area contributed by atoms with Crippen molar-refractivity contribution in [1.82, 2.24) is 9.97 Å². The molecule has 3 N–H and O–H groups in total. The summed E-state index contributed by atoms with van der Waals surface area (Å²) in [5, 5.41) is 0. The first-order chi connectivity index (χ1) is 9.84. The van der Waals surface area contributed by atoms with Crippen molar-refractivity contribution < 1.29 is 0 Å². The fourth-order valence-corrected chi connectivity index (χ4v) is 2.08. The number of hydrogen-bond acceptors (Lipinski definition) is 5. The Labute approximate surface area is 126 Å². The first-order valence-corrected chi connectivity index (χ1v) is 6.99. The lowest BCUT2D eigenvalue weighted by Gasteiger charge is -2.25. The minimum Gasteiger partial charge on any atom is -0.329 e.